The van der Waals surface area contributed by atoms with E-state index < -0.39 is 12.1 Å². The van der Waals surface area contributed by atoms with Crippen LogP contribution in [0.25, 0.3) is 0 Å². The lowest BCUT2D eigenvalue weighted by Gasteiger charge is -2.15. The van der Waals surface area contributed by atoms with Crippen LogP contribution in [0.1, 0.15) is 17.2 Å². The molecule has 0 heterocycles. The van der Waals surface area contributed by atoms with Crippen molar-refractivity contribution in [1.82, 2.24) is 0 Å². The van der Waals surface area contributed by atoms with Gasteiger partial charge >= 0.3 is 5.97 Å². The lowest BCUT2D eigenvalue weighted by molar-refractivity contribution is -0.145. The molecule has 0 bridgehead atoms. The van der Waals surface area contributed by atoms with Crippen molar-refractivity contribution in [2.45, 2.75) is 6.10 Å². The highest BCUT2D eigenvalue weighted by Crippen LogP contribution is 2.22. The second kappa shape index (κ2) is 5.69. The summed E-state index contributed by atoms with van der Waals surface area (Å²) >= 11 is 0. The molecular formula is C15H11NO3. The molecule has 4 heteroatoms. The fourth-order valence-corrected chi connectivity index (χ4v) is 1.63. The van der Waals surface area contributed by atoms with E-state index in [0.717, 1.165) is 0 Å². The van der Waals surface area contributed by atoms with Crippen molar-refractivity contribution in [3.05, 3.63) is 65.7 Å². The molecule has 0 spiro atoms. The number of aliphatic carboxylic acids is 1. The third-order valence-corrected chi connectivity index (χ3v) is 2.56. The van der Waals surface area contributed by atoms with E-state index in [1.807, 2.05) is 12.1 Å². The Balaban J connectivity index is 2.22. The number of hydrogen-bond donors (Lipinski definition) is 1. The number of ether oxygens (including phenoxy) is 1. The van der Waals surface area contributed by atoms with Crippen LogP contribution in [0, 0.1) is 11.3 Å². The van der Waals surface area contributed by atoms with E-state index in [0.29, 0.717) is 16.9 Å². The van der Waals surface area contributed by atoms with Crippen LogP contribution in [-0.4, -0.2) is 11.1 Å². The molecule has 1 unspecified atom stereocenters. The first kappa shape index (κ1) is 12.7. The zero-order chi connectivity index (χ0) is 13.7. The van der Waals surface area contributed by atoms with Crippen LogP contribution in [0.3, 0.4) is 0 Å². The molecule has 0 radical (unpaired) electrons. The van der Waals surface area contributed by atoms with Gasteiger partial charge in [0.25, 0.3) is 0 Å². The van der Waals surface area contributed by atoms with Crippen molar-refractivity contribution in [2.75, 3.05) is 0 Å². The number of carboxylic acids is 1. The number of carboxylic acid groups (broad SMARTS) is 1. The van der Waals surface area contributed by atoms with Crippen molar-refractivity contribution in [2.24, 2.45) is 0 Å². The summed E-state index contributed by atoms with van der Waals surface area (Å²) in [6.45, 7) is 0. The molecule has 0 saturated heterocycles. The Morgan fingerprint density at radius 2 is 1.74 bits per heavy atom. The molecule has 0 aromatic heterocycles. The predicted octanol–water partition coefficient (Wildman–Crippen LogP) is 2.76. The molecule has 19 heavy (non-hydrogen) atoms. The molecule has 0 amide bonds. The quantitative estimate of drug-likeness (QED) is 0.909. The summed E-state index contributed by atoms with van der Waals surface area (Å²) in [7, 11) is 0. The molecule has 1 N–H and O–H groups in total. The lowest BCUT2D eigenvalue weighted by atomic mass is 10.1. The maximum absolute atomic E-state index is 11.3. The molecule has 1 atom stereocenters. The van der Waals surface area contributed by atoms with Gasteiger partial charge in [-0.3, -0.25) is 0 Å². The Morgan fingerprint density at radius 3 is 2.26 bits per heavy atom. The van der Waals surface area contributed by atoms with Crippen LogP contribution in [0.4, 0.5) is 0 Å². The molecule has 2 aromatic carbocycles. The van der Waals surface area contributed by atoms with Crippen molar-refractivity contribution in [1.29, 1.82) is 5.26 Å². The summed E-state index contributed by atoms with van der Waals surface area (Å²) in [6, 6.07) is 17.0. The standard InChI is InChI=1S/C15H11NO3/c16-10-11-6-8-13(9-7-11)19-14(15(17)18)12-4-2-1-3-5-12/h1-9,14H,(H,17,18). The summed E-state index contributed by atoms with van der Waals surface area (Å²) in [5, 5.41) is 17.9. The first-order chi connectivity index (χ1) is 9.20. The van der Waals surface area contributed by atoms with Crippen molar-refractivity contribution in [3.8, 4) is 11.8 Å². The maximum Gasteiger partial charge on any atom is 0.349 e. The van der Waals surface area contributed by atoms with Gasteiger partial charge in [-0.25, -0.2) is 4.79 Å². The van der Waals surface area contributed by atoms with Crippen molar-refractivity contribution in [3.63, 3.8) is 0 Å². The van der Waals surface area contributed by atoms with Gasteiger partial charge in [0.1, 0.15) is 5.75 Å². The minimum atomic E-state index is -1.06. The van der Waals surface area contributed by atoms with E-state index in [1.165, 1.54) is 0 Å². The molecule has 0 aliphatic carbocycles. The second-order valence-electron chi connectivity index (χ2n) is 3.88. The smallest absolute Gasteiger partial charge is 0.349 e. The SMILES string of the molecule is N#Cc1ccc(OC(C(=O)O)c2ccccc2)cc1. The summed E-state index contributed by atoms with van der Waals surface area (Å²) in [6.07, 6.45) is -1.06. The minimum Gasteiger partial charge on any atom is -0.478 e. The maximum atomic E-state index is 11.3. The van der Waals surface area contributed by atoms with Gasteiger partial charge in [0.2, 0.25) is 6.10 Å². The van der Waals surface area contributed by atoms with Gasteiger partial charge in [0, 0.05) is 5.56 Å². The largest absolute Gasteiger partial charge is 0.478 e. The Morgan fingerprint density at radius 1 is 1.11 bits per heavy atom. The van der Waals surface area contributed by atoms with E-state index in [2.05, 4.69) is 0 Å². The molecule has 0 aliphatic heterocycles. The van der Waals surface area contributed by atoms with Crippen LogP contribution in [-0.2, 0) is 4.79 Å². The highest BCUT2D eigenvalue weighted by molar-refractivity contribution is 5.74. The number of nitrogens with zero attached hydrogens (tertiary/aromatic N) is 1. The van der Waals surface area contributed by atoms with Crippen molar-refractivity contribution >= 4 is 5.97 Å². The highest BCUT2D eigenvalue weighted by atomic mass is 16.5. The molecule has 4 nitrogen and oxygen atoms in total. The molecule has 94 valence electrons. The van der Waals surface area contributed by atoms with Crippen molar-refractivity contribution < 1.29 is 14.6 Å². The van der Waals surface area contributed by atoms with E-state index >= 15 is 0 Å². The Kier molecular flexibility index (Phi) is 3.79. The van der Waals surface area contributed by atoms with Gasteiger partial charge in [-0.1, -0.05) is 30.3 Å². The Hall–Kier alpha value is -2.80. The van der Waals surface area contributed by atoms with Gasteiger partial charge in [-0.2, -0.15) is 5.26 Å². The first-order valence-electron chi connectivity index (χ1n) is 5.65. The summed E-state index contributed by atoms with van der Waals surface area (Å²) in [5.41, 5.74) is 1.07. The number of hydrogen-bond acceptors (Lipinski definition) is 3. The zero-order valence-electron chi connectivity index (χ0n) is 9.98. The minimum absolute atomic E-state index is 0.412. The number of rotatable bonds is 4. The van der Waals surface area contributed by atoms with Crippen LogP contribution < -0.4 is 4.74 Å². The van der Waals surface area contributed by atoms with E-state index in [9.17, 15) is 9.90 Å². The average molecular weight is 253 g/mol. The fraction of sp³-hybridized carbons (Fsp3) is 0.0667. The molecule has 2 rings (SSSR count). The third-order valence-electron chi connectivity index (χ3n) is 2.56. The Labute approximate surface area is 110 Å². The van der Waals surface area contributed by atoms with E-state index in [1.54, 1.807) is 48.5 Å². The van der Waals surface area contributed by atoms with E-state index in [4.69, 9.17) is 10.00 Å². The second-order valence-corrected chi connectivity index (χ2v) is 3.88. The first-order valence-corrected chi connectivity index (χ1v) is 5.65. The lowest BCUT2D eigenvalue weighted by Crippen LogP contribution is -2.18. The normalized spacial score (nSPS) is 11.3. The number of carbonyl (C=O) groups is 1. The van der Waals surface area contributed by atoms with Gasteiger partial charge in [0.15, 0.2) is 0 Å². The summed E-state index contributed by atoms with van der Waals surface area (Å²) < 4.78 is 5.45. The number of nitriles is 1. The van der Waals surface area contributed by atoms with Crippen LogP contribution >= 0.6 is 0 Å². The van der Waals surface area contributed by atoms with Crippen LogP contribution in [0.15, 0.2) is 54.6 Å². The summed E-state index contributed by atoms with van der Waals surface area (Å²) in [4.78, 5) is 11.3. The molecular weight excluding hydrogens is 242 g/mol. The average Bonchev–Trinajstić information content (AvgIpc) is 2.46. The van der Waals surface area contributed by atoms with Crippen LogP contribution in [0.2, 0.25) is 0 Å². The highest BCUT2D eigenvalue weighted by Gasteiger charge is 2.21. The van der Waals surface area contributed by atoms with E-state index in [-0.39, 0.29) is 0 Å². The molecule has 0 saturated carbocycles. The number of benzene rings is 2. The predicted molar refractivity (Wildman–Crippen MR) is 68.6 cm³/mol. The van der Waals surface area contributed by atoms with Gasteiger partial charge in [-0.15, -0.1) is 0 Å². The fourth-order valence-electron chi connectivity index (χ4n) is 1.63. The zero-order valence-corrected chi connectivity index (χ0v) is 9.98. The topological polar surface area (TPSA) is 70.3 Å². The Bertz CT molecular complexity index is 600. The van der Waals surface area contributed by atoms with Gasteiger partial charge < -0.3 is 9.84 Å². The molecule has 0 fully saturated rings. The molecule has 0 aliphatic rings. The van der Waals surface area contributed by atoms with Crippen LogP contribution in [0.5, 0.6) is 5.75 Å². The van der Waals surface area contributed by atoms with Gasteiger partial charge in [0.05, 0.1) is 11.6 Å². The monoisotopic (exact) mass is 253 g/mol. The molecule has 2 aromatic rings. The summed E-state index contributed by atoms with van der Waals surface area (Å²) in [5.74, 6) is -0.647. The van der Waals surface area contributed by atoms with Gasteiger partial charge in [-0.05, 0) is 24.3 Å². The third kappa shape index (κ3) is 3.11.